The van der Waals surface area contributed by atoms with Crippen LogP contribution < -0.4 is 10.6 Å². The molecule has 0 radical (unpaired) electrons. The normalized spacial score (nSPS) is 20.9. The molecule has 1 aliphatic heterocycles. The second-order valence-corrected chi connectivity index (χ2v) is 5.85. The second kappa shape index (κ2) is 5.32. The number of hydrogen-bond acceptors (Lipinski definition) is 4. The van der Waals surface area contributed by atoms with Crippen molar-refractivity contribution < 1.29 is 18.3 Å². The van der Waals surface area contributed by atoms with Crippen molar-refractivity contribution in [3.8, 4) is 0 Å². The molecule has 7 heteroatoms. The van der Waals surface area contributed by atoms with Gasteiger partial charge in [-0.05, 0) is 12.8 Å². The van der Waals surface area contributed by atoms with Crippen LogP contribution in [0, 0.1) is 0 Å². The van der Waals surface area contributed by atoms with Crippen molar-refractivity contribution in [2.24, 2.45) is 0 Å². The maximum atomic E-state index is 11.1. The zero-order valence-corrected chi connectivity index (χ0v) is 9.22. The molecule has 0 saturated carbocycles. The van der Waals surface area contributed by atoms with Crippen LogP contribution in [0.15, 0.2) is 0 Å². The number of rotatable bonds is 3. The van der Waals surface area contributed by atoms with Crippen LogP contribution in [0.5, 0.6) is 0 Å². The lowest BCUT2D eigenvalue weighted by Gasteiger charge is -2.22. The van der Waals surface area contributed by atoms with Gasteiger partial charge in [0.05, 0.1) is 18.1 Å². The van der Waals surface area contributed by atoms with Crippen molar-refractivity contribution in [1.82, 2.24) is 10.6 Å². The first-order valence-corrected chi connectivity index (χ1v) is 6.71. The van der Waals surface area contributed by atoms with Crippen molar-refractivity contribution in [1.29, 1.82) is 0 Å². The number of hydrogen-bond donors (Lipinski definition) is 3. The number of amides is 2. The summed E-state index contributed by atoms with van der Waals surface area (Å²) in [7, 11) is -2.88. The van der Waals surface area contributed by atoms with Crippen LogP contribution >= 0.6 is 0 Å². The van der Waals surface area contributed by atoms with Crippen molar-refractivity contribution >= 4 is 15.9 Å². The Hall–Kier alpha value is -0.820. The van der Waals surface area contributed by atoms with Gasteiger partial charge in [0, 0.05) is 12.6 Å². The average molecular weight is 236 g/mol. The van der Waals surface area contributed by atoms with Crippen LogP contribution in [-0.2, 0) is 9.84 Å². The largest absolute Gasteiger partial charge is 0.395 e. The van der Waals surface area contributed by atoms with Gasteiger partial charge in [0.15, 0.2) is 0 Å². The third-order valence-electron chi connectivity index (χ3n) is 2.29. The van der Waals surface area contributed by atoms with E-state index >= 15 is 0 Å². The number of nitrogens with one attached hydrogen (secondary N) is 2. The zero-order chi connectivity index (χ0) is 11.3. The SMILES string of the molecule is O=C(NCCO)NC1CCS(=O)(=O)CC1. The fraction of sp³-hybridized carbons (Fsp3) is 0.875. The molecule has 0 aromatic carbocycles. The molecule has 6 nitrogen and oxygen atoms in total. The van der Waals surface area contributed by atoms with Crippen molar-refractivity contribution in [2.45, 2.75) is 18.9 Å². The molecule has 1 aliphatic rings. The first-order chi connectivity index (χ1) is 7.03. The third-order valence-corrected chi connectivity index (χ3v) is 4.00. The average Bonchev–Trinajstić information content (AvgIpc) is 2.18. The molecule has 0 aromatic heterocycles. The summed E-state index contributed by atoms with van der Waals surface area (Å²) in [5.74, 6) is 0.274. The maximum Gasteiger partial charge on any atom is 0.315 e. The lowest BCUT2D eigenvalue weighted by atomic mass is 10.2. The number of urea groups is 1. The molecule has 2 amide bonds. The van der Waals surface area contributed by atoms with E-state index in [2.05, 4.69) is 10.6 Å². The Kier molecular flexibility index (Phi) is 4.34. The van der Waals surface area contributed by atoms with Gasteiger partial charge < -0.3 is 15.7 Å². The maximum absolute atomic E-state index is 11.1. The van der Waals surface area contributed by atoms with E-state index in [1.807, 2.05) is 0 Å². The summed E-state index contributed by atoms with van der Waals surface area (Å²) < 4.78 is 22.2. The highest BCUT2D eigenvalue weighted by Crippen LogP contribution is 2.11. The Morgan fingerprint density at radius 1 is 1.33 bits per heavy atom. The van der Waals surface area contributed by atoms with E-state index in [1.54, 1.807) is 0 Å². The van der Waals surface area contributed by atoms with Gasteiger partial charge in [0.2, 0.25) is 0 Å². The molecular formula is C8H16N2O4S. The summed E-state index contributed by atoms with van der Waals surface area (Å²) >= 11 is 0. The Bertz CT molecular complexity index is 301. The van der Waals surface area contributed by atoms with E-state index in [-0.39, 0.29) is 36.7 Å². The summed E-state index contributed by atoms with van der Waals surface area (Å²) in [6, 6.07) is -0.430. The molecule has 0 atom stereocenters. The Morgan fingerprint density at radius 3 is 2.47 bits per heavy atom. The molecule has 0 aromatic rings. The van der Waals surface area contributed by atoms with Crippen LogP contribution in [0.4, 0.5) is 4.79 Å². The molecule has 3 N–H and O–H groups in total. The minimum Gasteiger partial charge on any atom is -0.395 e. The summed E-state index contributed by atoms with van der Waals surface area (Å²) in [6.07, 6.45) is 0.934. The van der Waals surface area contributed by atoms with Gasteiger partial charge in [-0.25, -0.2) is 13.2 Å². The predicted octanol–water partition coefficient (Wildman–Crippen LogP) is -1.14. The standard InChI is InChI=1S/C8H16N2O4S/c11-4-3-9-8(12)10-7-1-5-15(13,14)6-2-7/h7,11H,1-6H2,(H2,9,10,12). The highest BCUT2D eigenvalue weighted by atomic mass is 32.2. The van der Waals surface area contributed by atoms with Gasteiger partial charge in [0.25, 0.3) is 0 Å². The molecule has 0 aliphatic carbocycles. The topological polar surface area (TPSA) is 95.5 Å². The second-order valence-electron chi connectivity index (χ2n) is 3.55. The van der Waals surface area contributed by atoms with E-state index in [0.29, 0.717) is 12.8 Å². The summed E-state index contributed by atoms with van der Waals surface area (Å²) in [6.45, 7) is 0.101. The fourth-order valence-corrected chi connectivity index (χ4v) is 2.93. The summed E-state index contributed by atoms with van der Waals surface area (Å²) in [4.78, 5) is 11.1. The number of carbonyl (C=O) groups is 1. The molecule has 15 heavy (non-hydrogen) atoms. The van der Waals surface area contributed by atoms with Gasteiger partial charge in [-0.2, -0.15) is 0 Å². The first kappa shape index (κ1) is 12.3. The molecule has 88 valence electrons. The van der Waals surface area contributed by atoms with Crippen LogP contribution in [-0.4, -0.2) is 50.3 Å². The highest BCUT2D eigenvalue weighted by molar-refractivity contribution is 7.91. The van der Waals surface area contributed by atoms with E-state index in [1.165, 1.54) is 0 Å². The van der Waals surface area contributed by atoms with E-state index in [4.69, 9.17) is 5.11 Å². The van der Waals surface area contributed by atoms with Crippen LogP contribution in [0.2, 0.25) is 0 Å². The lowest BCUT2D eigenvalue weighted by Crippen LogP contribution is -2.46. The first-order valence-electron chi connectivity index (χ1n) is 4.89. The van der Waals surface area contributed by atoms with Gasteiger partial charge >= 0.3 is 6.03 Å². The Labute approximate surface area is 89.0 Å². The van der Waals surface area contributed by atoms with Crippen molar-refractivity contribution in [2.75, 3.05) is 24.7 Å². The smallest absolute Gasteiger partial charge is 0.315 e. The van der Waals surface area contributed by atoms with Crippen molar-refractivity contribution in [3.63, 3.8) is 0 Å². The molecule has 1 rings (SSSR count). The predicted molar refractivity (Wildman–Crippen MR) is 55.3 cm³/mol. The minimum atomic E-state index is -2.88. The molecular weight excluding hydrogens is 220 g/mol. The molecule has 0 bridgehead atoms. The summed E-state index contributed by atoms with van der Waals surface area (Å²) in [5, 5.41) is 13.6. The van der Waals surface area contributed by atoms with Crippen LogP contribution in [0.3, 0.4) is 0 Å². The highest BCUT2D eigenvalue weighted by Gasteiger charge is 2.24. The molecule has 1 fully saturated rings. The lowest BCUT2D eigenvalue weighted by molar-refractivity contribution is 0.229. The van der Waals surface area contributed by atoms with Crippen molar-refractivity contribution in [3.05, 3.63) is 0 Å². The summed E-state index contributed by atoms with van der Waals surface area (Å²) in [5.41, 5.74) is 0. The van der Waals surface area contributed by atoms with Gasteiger partial charge in [-0.15, -0.1) is 0 Å². The number of aliphatic hydroxyl groups is 1. The van der Waals surface area contributed by atoms with Crippen LogP contribution in [0.25, 0.3) is 0 Å². The quantitative estimate of drug-likeness (QED) is 0.577. The Morgan fingerprint density at radius 2 is 1.93 bits per heavy atom. The fourth-order valence-electron chi connectivity index (χ4n) is 1.44. The van der Waals surface area contributed by atoms with Gasteiger partial charge in [-0.3, -0.25) is 0 Å². The molecule has 1 heterocycles. The van der Waals surface area contributed by atoms with Gasteiger partial charge in [-0.1, -0.05) is 0 Å². The Balaban J connectivity index is 2.26. The number of carbonyl (C=O) groups excluding carboxylic acids is 1. The van der Waals surface area contributed by atoms with E-state index in [9.17, 15) is 13.2 Å². The molecule has 0 spiro atoms. The third kappa shape index (κ3) is 4.48. The minimum absolute atomic E-state index is 0.0767. The monoisotopic (exact) mass is 236 g/mol. The molecule has 0 unspecified atom stereocenters. The number of aliphatic hydroxyl groups excluding tert-OH is 1. The molecule has 1 saturated heterocycles. The van der Waals surface area contributed by atoms with E-state index < -0.39 is 9.84 Å². The number of sulfone groups is 1. The zero-order valence-electron chi connectivity index (χ0n) is 8.40. The van der Waals surface area contributed by atoms with Gasteiger partial charge in [0.1, 0.15) is 9.84 Å². The van der Waals surface area contributed by atoms with Crippen LogP contribution in [0.1, 0.15) is 12.8 Å². The van der Waals surface area contributed by atoms with E-state index in [0.717, 1.165) is 0 Å².